The number of hydrogen-bond acceptors (Lipinski definition) is 4. The molecule has 128 valence electrons. The lowest BCUT2D eigenvalue weighted by Gasteiger charge is -2.18. The van der Waals surface area contributed by atoms with Crippen LogP contribution in [0.5, 0.6) is 0 Å². The first-order chi connectivity index (χ1) is 12.1. The average Bonchev–Trinajstić information content (AvgIpc) is 2.85. The summed E-state index contributed by atoms with van der Waals surface area (Å²) in [6, 6.07) is 8.18. The van der Waals surface area contributed by atoms with Crippen LogP contribution < -0.4 is 0 Å². The van der Waals surface area contributed by atoms with Crippen LogP contribution in [0.15, 0.2) is 35.9 Å². The highest BCUT2D eigenvalue weighted by molar-refractivity contribution is 6.44. The first kappa shape index (κ1) is 16.9. The van der Waals surface area contributed by atoms with E-state index in [9.17, 15) is 14.4 Å². The Morgan fingerprint density at radius 3 is 2.52 bits per heavy atom. The highest BCUT2D eigenvalue weighted by atomic mass is 16.2. The smallest absolute Gasteiger partial charge is 0.263 e. The van der Waals surface area contributed by atoms with Gasteiger partial charge in [0, 0.05) is 6.54 Å². The van der Waals surface area contributed by atoms with Crippen molar-refractivity contribution in [2.75, 3.05) is 6.54 Å². The van der Waals surface area contributed by atoms with Crippen LogP contribution in [0.3, 0.4) is 0 Å². The molecule has 0 atom stereocenters. The van der Waals surface area contributed by atoms with Crippen molar-refractivity contribution in [3.8, 4) is 6.07 Å². The maximum atomic E-state index is 12.5. The van der Waals surface area contributed by atoms with Gasteiger partial charge in [-0.05, 0) is 43.7 Å². The molecular weight excluding hydrogens is 318 g/mol. The minimum atomic E-state index is -0.824. The van der Waals surface area contributed by atoms with Gasteiger partial charge in [-0.15, -0.1) is 0 Å². The summed E-state index contributed by atoms with van der Waals surface area (Å²) < 4.78 is 0. The van der Waals surface area contributed by atoms with E-state index in [0.29, 0.717) is 17.5 Å². The van der Waals surface area contributed by atoms with E-state index in [2.05, 4.69) is 6.08 Å². The van der Waals surface area contributed by atoms with E-state index >= 15 is 0 Å². The number of rotatable bonds is 5. The van der Waals surface area contributed by atoms with Gasteiger partial charge >= 0.3 is 17.8 Å². The van der Waals surface area contributed by atoms with Crippen LogP contribution in [-0.4, -0.2) is 34.2 Å². The van der Waals surface area contributed by atoms with Gasteiger partial charge in [-0.3, -0.25) is 19.4 Å². The fourth-order valence-corrected chi connectivity index (χ4v) is 3.21. The number of allylic oxidation sites excluding steroid dienone is 1. The van der Waals surface area contributed by atoms with Gasteiger partial charge in [-0.1, -0.05) is 29.8 Å². The topological polar surface area (TPSA) is 81.5 Å². The van der Waals surface area contributed by atoms with Crippen molar-refractivity contribution >= 4 is 17.8 Å². The molecule has 0 bridgehead atoms. The maximum Gasteiger partial charge on any atom is 0.334 e. The number of benzene rings is 1. The number of urea groups is 1. The van der Waals surface area contributed by atoms with Crippen LogP contribution in [0.25, 0.3) is 0 Å². The lowest BCUT2D eigenvalue weighted by Crippen LogP contribution is -2.34. The molecule has 0 saturated carbocycles. The molecule has 0 N–H and O–H groups in total. The predicted molar refractivity (Wildman–Crippen MR) is 90.0 cm³/mol. The lowest BCUT2D eigenvalue weighted by atomic mass is 9.97. The number of amides is 4. The zero-order valence-corrected chi connectivity index (χ0v) is 13.9. The first-order valence-corrected chi connectivity index (χ1v) is 8.45. The average molecular weight is 337 g/mol. The molecule has 2 aliphatic rings. The first-order valence-electron chi connectivity index (χ1n) is 8.45. The molecule has 1 aliphatic heterocycles. The summed E-state index contributed by atoms with van der Waals surface area (Å²) in [6.45, 7) is 0.165. The molecule has 1 aromatic rings. The molecular formula is C19H19N3O3. The van der Waals surface area contributed by atoms with Crippen LogP contribution in [0.4, 0.5) is 4.79 Å². The number of hydrogen-bond donors (Lipinski definition) is 0. The Hall–Kier alpha value is -2.94. The molecule has 3 rings (SSSR count). The summed E-state index contributed by atoms with van der Waals surface area (Å²) in [5.74, 6) is -1.61. The van der Waals surface area contributed by atoms with Gasteiger partial charge in [0.25, 0.3) is 0 Å². The zero-order valence-electron chi connectivity index (χ0n) is 13.9. The Morgan fingerprint density at radius 1 is 1.04 bits per heavy atom. The Morgan fingerprint density at radius 2 is 1.80 bits per heavy atom. The Balaban J connectivity index is 1.71. The van der Waals surface area contributed by atoms with Crippen molar-refractivity contribution < 1.29 is 14.4 Å². The third-order valence-corrected chi connectivity index (χ3v) is 4.64. The fourth-order valence-electron chi connectivity index (χ4n) is 3.21. The van der Waals surface area contributed by atoms with Gasteiger partial charge in [0.15, 0.2) is 0 Å². The van der Waals surface area contributed by atoms with E-state index in [1.54, 1.807) is 24.3 Å². The molecule has 4 amide bonds. The summed E-state index contributed by atoms with van der Waals surface area (Å²) in [6.07, 6.45) is 7.11. The Labute approximate surface area is 146 Å². The standard InChI is InChI=1S/C19H19N3O3/c20-12-15-8-4-5-9-16(15)13-22-18(24)17(23)21(19(22)25)11-10-14-6-2-1-3-7-14/h4-6,8-9H,1-3,7,10-11,13H2. The molecule has 0 unspecified atom stereocenters. The van der Waals surface area contributed by atoms with E-state index in [4.69, 9.17) is 5.26 Å². The summed E-state index contributed by atoms with van der Waals surface area (Å²) in [7, 11) is 0. The van der Waals surface area contributed by atoms with E-state index in [1.165, 1.54) is 12.0 Å². The van der Waals surface area contributed by atoms with Crippen LogP contribution in [0, 0.1) is 11.3 Å². The van der Waals surface area contributed by atoms with Gasteiger partial charge in [-0.25, -0.2) is 4.79 Å². The van der Waals surface area contributed by atoms with Gasteiger partial charge in [0.2, 0.25) is 0 Å². The van der Waals surface area contributed by atoms with Gasteiger partial charge < -0.3 is 0 Å². The fraction of sp³-hybridized carbons (Fsp3) is 0.368. The van der Waals surface area contributed by atoms with Crippen molar-refractivity contribution in [1.82, 2.24) is 9.80 Å². The van der Waals surface area contributed by atoms with E-state index in [1.807, 2.05) is 6.07 Å². The second-order valence-electron chi connectivity index (χ2n) is 6.26. The van der Waals surface area contributed by atoms with Crippen molar-refractivity contribution in [2.24, 2.45) is 0 Å². The highest BCUT2D eigenvalue weighted by Gasteiger charge is 2.44. The molecule has 6 nitrogen and oxygen atoms in total. The largest absolute Gasteiger partial charge is 0.334 e. The number of nitriles is 1. The Kier molecular flexibility index (Phi) is 4.94. The van der Waals surface area contributed by atoms with Crippen molar-refractivity contribution in [2.45, 2.75) is 38.6 Å². The molecule has 1 aliphatic carbocycles. The molecule has 0 aromatic heterocycles. The van der Waals surface area contributed by atoms with Gasteiger partial charge in [0.05, 0.1) is 18.2 Å². The monoisotopic (exact) mass is 337 g/mol. The van der Waals surface area contributed by atoms with Crippen molar-refractivity contribution in [1.29, 1.82) is 5.26 Å². The summed E-state index contributed by atoms with van der Waals surface area (Å²) >= 11 is 0. The van der Waals surface area contributed by atoms with Crippen molar-refractivity contribution in [3.05, 3.63) is 47.0 Å². The van der Waals surface area contributed by atoms with Crippen LogP contribution in [-0.2, 0) is 16.1 Å². The second-order valence-corrected chi connectivity index (χ2v) is 6.26. The molecule has 1 saturated heterocycles. The van der Waals surface area contributed by atoms with Crippen LogP contribution in [0.1, 0.15) is 43.2 Å². The summed E-state index contributed by atoms with van der Waals surface area (Å²) in [5.41, 5.74) is 2.19. The minimum Gasteiger partial charge on any atom is -0.263 e. The number of nitrogens with zero attached hydrogens (tertiary/aromatic N) is 3. The number of imide groups is 2. The lowest BCUT2D eigenvalue weighted by molar-refractivity contribution is -0.143. The van der Waals surface area contributed by atoms with Crippen LogP contribution >= 0.6 is 0 Å². The molecule has 1 heterocycles. The molecule has 0 radical (unpaired) electrons. The van der Waals surface area contributed by atoms with Gasteiger partial charge in [-0.2, -0.15) is 5.26 Å². The third kappa shape index (κ3) is 3.45. The second kappa shape index (κ2) is 7.31. The number of carbonyl (C=O) groups excluding carboxylic acids is 3. The van der Waals surface area contributed by atoms with E-state index in [0.717, 1.165) is 29.1 Å². The quantitative estimate of drug-likeness (QED) is 0.470. The maximum absolute atomic E-state index is 12.5. The summed E-state index contributed by atoms with van der Waals surface area (Å²) in [5, 5.41) is 9.13. The van der Waals surface area contributed by atoms with E-state index in [-0.39, 0.29) is 13.1 Å². The van der Waals surface area contributed by atoms with Gasteiger partial charge in [0.1, 0.15) is 0 Å². The molecule has 1 fully saturated rings. The van der Waals surface area contributed by atoms with Crippen molar-refractivity contribution in [3.63, 3.8) is 0 Å². The third-order valence-electron chi connectivity index (χ3n) is 4.64. The molecule has 6 heteroatoms. The normalized spacial score (nSPS) is 17.7. The predicted octanol–water partition coefficient (Wildman–Crippen LogP) is 2.74. The molecule has 1 aromatic carbocycles. The minimum absolute atomic E-state index is 0.0632. The molecule has 0 spiro atoms. The molecule has 25 heavy (non-hydrogen) atoms. The van der Waals surface area contributed by atoms with Crippen LogP contribution in [0.2, 0.25) is 0 Å². The zero-order chi connectivity index (χ0) is 17.8. The van der Waals surface area contributed by atoms with E-state index < -0.39 is 17.8 Å². The summed E-state index contributed by atoms with van der Waals surface area (Å²) in [4.78, 5) is 38.8. The Bertz CT molecular complexity index is 791. The number of carbonyl (C=O) groups is 3. The highest BCUT2D eigenvalue weighted by Crippen LogP contribution is 2.23. The SMILES string of the molecule is N#Cc1ccccc1CN1C(=O)C(=O)N(CCC2=CCCCC2)C1=O.